The summed E-state index contributed by atoms with van der Waals surface area (Å²) in [6, 6.07) is 1.15. The number of hydrogen-bond donors (Lipinski definition) is 2. The van der Waals surface area contributed by atoms with Gasteiger partial charge in [0.1, 0.15) is 11.6 Å². The summed E-state index contributed by atoms with van der Waals surface area (Å²) in [6.45, 7) is 8.07. The molecule has 1 heterocycles. The van der Waals surface area contributed by atoms with Gasteiger partial charge in [-0.1, -0.05) is 19.8 Å². The standard InChI is InChI=1S/C15H20FN3O/c1-6-15(4,5)19-14(20)12-7-11(16)9-18-13(12)17-8-10(2)3/h1,7,9-10H,8H2,2-5H3,(H,17,18)(H,19,20). The van der Waals surface area contributed by atoms with E-state index >= 15 is 0 Å². The predicted octanol–water partition coefficient (Wildman–Crippen LogP) is 2.43. The maximum absolute atomic E-state index is 13.3. The van der Waals surface area contributed by atoms with Gasteiger partial charge in [-0.15, -0.1) is 6.42 Å². The van der Waals surface area contributed by atoms with Crippen LogP contribution >= 0.6 is 0 Å². The molecule has 0 aromatic carbocycles. The molecule has 0 saturated carbocycles. The third kappa shape index (κ3) is 4.54. The van der Waals surface area contributed by atoms with Gasteiger partial charge in [-0.2, -0.15) is 0 Å². The highest BCUT2D eigenvalue weighted by Crippen LogP contribution is 2.15. The molecule has 0 bridgehead atoms. The maximum Gasteiger partial charge on any atom is 0.256 e. The van der Waals surface area contributed by atoms with Crippen LogP contribution in [0.3, 0.4) is 0 Å². The summed E-state index contributed by atoms with van der Waals surface area (Å²) in [5, 5.41) is 5.69. The number of amides is 1. The summed E-state index contributed by atoms with van der Waals surface area (Å²) in [7, 11) is 0. The molecular formula is C15H20FN3O. The van der Waals surface area contributed by atoms with Crippen LogP contribution < -0.4 is 10.6 Å². The topological polar surface area (TPSA) is 54.0 Å². The van der Waals surface area contributed by atoms with Crippen LogP contribution in [0.4, 0.5) is 10.2 Å². The number of anilines is 1. The lowest BCUT2D eigenvalue weighted by Gasteiger charge is -2.20. The molecule has 1 rings (SSSR count). The summed E-state index contributed by atoms with van der Waals surface area (Å²) in [6.07, 6.45) is 6.40. The zero-order valence-corrected chi connectivity index (χ0v) is 12.2. The first kappa shape index (κ1) is 16.0. The number of nitrogens with one attached hydrogen (secondary N) is 2. The van der Waals surface area contributed by atoms with Crippen LogP contribution in [0.15, 0.2) is 12.3 Å². The Kier molecular flexibility index (Phi) is 5.09. The maximum atomic E-state index is 13.3. The third-order valence-corrected chi connectivity index (χ3v) is 2.56. The molecule has 20 heavy (non-hydrogen) atoms. The number of carbonyl (C=O) groups is 1. The monoisotopic (exact) mass is 277 g/mol. The van der Waals surface area contributed by atoms with Crippen molar-refractivity contribution in [3.8, 4) is 12.3 Å². The lowest BCUT2D eigenvalue weighted by Crippen LogP contribution is -2.42. The van der Waals surface area contributed by atoms with Crippen molar-refractivity contribution in [3.05, 3.63) is 23.6 Å². The first-order chi connectivity index (χ1) is 9.25. The van der Waals surface area contributed by atoms with Gasteiger partial charge in [-0.05, 0) is 25.8 Å². The molecule has 0 aliphatic rings. The smallest absolute Gasteiger partial charge is 0.256 e. The molecule has 0 atom stereocenters. The van der Waals surface area contributed by atoms with E-state index < -0.39 is 17.3 Å². The van der Waals surface area contributed by atoms with Crippen molar-refractivity contribution in [1.82, 2.24) is 10.3 Å². The van der Waals surface area contributed by atoms with E-state index in [1.165, 1.54) is 0 Å². The molecule has 0 saturated heterocycles. The van der Waals surface area contributed by atoms with Gasteiger partial charge < -0.3 is 10.6 Å². The average molecular weight is 277 g/mol. The Morgan fingerprint density at radius 1 is 1.55 bits per heavy atom. The number of hydrogen-bond acceptors (Lipinski definition) is 3. The number of terminal acetylenes is 1. The second-order valence-corrected chi connectivity index (χ2v) is 5.55. The van der Waals surface area contributed by atoms with Gasteiger partial charge in [-0.3, -0.25) is 4.79 Å². The molecule has 2 N–H and O–H groups in total. The van der Waals surface area contributed by atoms with E-state index in [0.717, 1.165) is 12.3 Å². The van der Waals surface area contributed by atoms with Gasteiger partial charge in [0.2, 0.25) is 0 Å². The van der Waals surface area contributed by atoms with E-state index in [2.05, 4.69) is 21.5 Å². The summed E-state index contributed by atoms with van der Waals surface area (Å²) >= 11 is 0. The highest BCUT2D eigenvalue weighted by molar-refractivity contribution is 5.99. The Labute approximate surface area is 119 Å². The van der Waals surface area contributed by atoms with E-state index in [9.17, 15) is 9.18 Å². The van der Waals surface area contributed by atoms with Crippen LogP contribution in [0.1, 0.15) is 38.1 Å². The minimum atomic E-state index is -0.807. The van der Waals surface area contributed by atoms with Gasteiger partial charge in [-0.25, -0.2) is 9.37 Å². The Morgan fingerprint density at radius 3 is 2.75 bits per heavy atom. The van der Waals surface area contributed by atoms with Gasteiger partial charge in [0.25, 0.3) is 5.91 Å². The lowest BCUT2D eigenvalue weighted by molar-refractivity contribution is 0.0930. The number of rotatable bonds is 5. The molecule has 0 spiro atoms. The minimum absolute atomic E-state index is 0.147. The molecule has 1 amide bonds. The average Bonchev–Trinajstić information content (AvgIpc) is 2.36. The largest absolute Gasteiger partial charge is 0.369 e. The van der Waals surface area contributed by atoms with Crippen LogP contribution in [0.5, 0.6) is 0 Å². The Balaban J connectivity index is 3.00. The van der Waals surface area contributed by atoms with Crippen molar-refractivity contribution in [3.63, 3.8) is 0 Å². The fraction of sp³-hybridized carbons (Fsp3) is 0.467. The third-order valence-electron chi connectivity index (χ3n) is 2.56. The number of carbonyl (C=O) groups excluding carboxylic acids is 1. The van der Waals surface area contributed by atoms with E-state index in [-0.39, 0.29) is 5.56 Å². The highest BCUT2D eigenvalue weighted by Gasteiger charge is 2.21. The summed E-state index contributed by atoms with van der Waals surface area (Å²) in [5.74, 6) is 2.17. The van der Waals surface area contributed by atoms with E-state index in [1.54, 1.807) is 13.8 Å². The predicted molar refractivity (Wildman–Crippen MR) is 77.9 cm³/mol. The van der Waals surface area contributed by atoms with Crippen molar-refractivity contribution in [2.75, 3.05) is 11.9 Å². The van der Waals surface area contributed by atoms with Gasteiger partial charge in [0, 0.05) is 6.54 Å². The number of pyridine rings is 1. The summed E-state index contributed by atoms with van der Waals surface area (Å²) in [5.41, 5.74) is -0.660. The molecule has 0 unspecified atom stereocenters. The second kappa shape index (κ2) is 6.38. The zero-order valence-electron chi connectivity index (χ0n) is 12.2. The van der Waals surface area contributed by atoms with Crippen LogP contribution in [0.25, 0.3) is 0 Å². The minimum Gasteiger partial charge on any atom is -0.369 e. The van der Waals surface area contributed by atoms with Gasteiger partial charge in [0.15, 0.2) is 0 Å². The number of aromatic nitrogens is 1. The van der Waals surface area contributed by atoms with E-state index in [1.807, 2.05) is 13.8 Å². The zero-order chi connectivity index (χ0) is 15.3. The molecule has 108 valence electrons. The van der Waals surface area contributed by atoms with Crippen molar-refractivity contribution in [2.24, 2.45) is 5.92 Å². The second-order valence-electron chi connectivity index (χ2n) is 5.55. The first-order valence-corrected chi connectivity index (χ1v) is 6.45. The van der Waals surface area contributed by atoms with Crippen LogP contribution in [-0.4, -0.2) is 23.0 Å². The van der Waals surface area contributed by atoms with E-state index in [4.69, 9.17) is 6.42 Å². The highest BCUT2D eigenvalue weighted by atomic mass is 19.1. The normalized spacial score (nSPS) is 11.1. The van der Waals surface area contributed by atoms with Crippen LogP contribution in [-0.2, 0) is 0 Å². The molecule has 0 aliphatic carbocycles. The first-order valence-electron chi connectivity index (χ1n) is 6.45. The molecule has 0 radical (unpaired) electrons. The quantitative estimate of drug-likeness (QED) is 0.813. The molecule has 1 aromatic rings. The molecule has 4 nitrogen and oxygen atoms in total. The van der Waals surface area contributed by atoms with Crippen LogP contribution in [0, 0.1) is 24.1 Å². The molecule has 5 heteroatoms. The SMILES string of the molecule is C#CC(C)(C)NC(=O)c1cc(F)cnc1NCC(C)C. The molecule has 0 fully saturated rings. The number of nitrogens with zero attached hydrogens (tertiary/aromatic N) is 1. The van der Waals surface area contributed by atoms with E-state index in [0.29, 0.717) is 18.3 Å². The fourth-order valence-electron chi connectivity index (χ4n) is 1.44. The van der Waals surface area contributed by atoms with Crippen LogP contribution in [0.2, 0.25) is 0 Å². The van der Waals surface area contributed by atoms with Crippen molar-refractivity contribution in [1.29, 1.82) is 0 Å². The summed E-state index contributed by atoms with van der Waals surface area (Å²) < 4.78 is 13.3. The molecule has 0 aliphatic heterocycles. The summed E-state index contributed by atoms with van der Waals surface area (Å²) in [4.78, 5) is 16.1. The van der Waals surface area contributed by atoms with Crippen molar-refractivity contribution >= 4 is 11.7 Å². The van der Waals surface area contributed by atoms with Crippen molar-refractivity contribution < 1.29 is 9.18 Å². The van der Waals surface area contributed by atoms with Crippen molar-refractivity contribution in [2.45, 2.75) is 33.2 Å². The molecular weight excluding hydrogens is 257 g/mol. The lowest BCUT2D eigenvalue weighted by atomic mass is 10.1. The Bertz CT molecular complexity index is 532. The fourth-order valence-corrected chi connectivity index (χ4v) is 1.44. The Morgan fingerprint density at radius 2 is 2.20 bits per heavy atom. The van der Waals surface area contributed by atoms with Gasteiger partial charge in [0.05, 0.1) is 17.3 Å². The Hall–Kier alpha value is -2.09. The molecule has 1 aromatic heterocycles. The van der Waals surface area contributed by atoms with Gasteiger partial charge >= 0.3 is 0 Å². The number of halogens is 1.